The number of nitrogens with one attached hydrogen (secondary N) is 1. The van der Waals surface area contributed by atoms with Crippen LogP contribution < -0.4 is 5.32 Å². The minimum Gasteiger partial charge on any atom is -0.446 e. The SMILES string of the molecule is CC(C)CN(C[C@@H](O)[C@H](Cc1ccccc1)NC(=O)O[C@@H]1CC2CCO[C@@H]2C1)S(=O)(=O)c1cccc(CN=O)c1. The number of nitroso groups, excluding NO2 is 1. The average Bonchev–Trinajstić information content (AvgIpc) is 3.50. The van der Waals surface area contributed by atoms with Gasteiger partial charge in [-0.1, -0.05) is 61.5 Å². The van der Waals surface area contributed by atoms with Crippen LogP contribution in [0.1, 0.15) is 44.2 Å². The van der Waals surface area contributed by atoms with Crippen LogP contribution in [0, 0.1) is 16.7 Å². The largest absolute Gasteiger partial charge is 0.446 e. The predicted octanol–water partition coefficient (Wildman–Crippen LogP) is 3.87. The minimum atomic E-state index is -4.02. The second-order valence-electron chi connectivity index (χ2n) is 11.1. The third-order valence-corrected chi connectivity index (χ3v) is 9.32. The monoisotopic (exact) mass is 573 g/mol. The second-order valence-corrected chi connectivity index (χ2v) is 13.1. The number of carbonyl (C=O) groups excluding carboxylic acids is 1. The zero-order valence-electron chi connectivity index (χ0n) is 23.0. The maximum absolute atomic E-state index is 13.7. The van der Waals surface area contributed by atoms with Gasteiger partial charge in [0.1, 0.15) is 12.6 Å². The average molecular weight is 574 g/mol. The summed E-state index contributed by atoms with van der Waals surface area (Å²) in [7, 11) is -4.02. The van der Waals surface area contributed by atoms with Crippen molar-refractivity contribution in [3.8, 4) is 0 Å². The van der Waals surface area contributed by atoms with E-state index in [0.29, 0.717) is 17.9 Å². The Balaban J connectivity index is 1.50. The first-order valence-corrected chi connectivity index (χ1v) is 15.3. The van der Waals surface area contributed by atoms with Crippen LogP contribution >= 0.6 is 0 Å². The number of ether oxygens (including phenoxy) is 2. The van der Waals surface area contributed by atoms with Crippen molar-refractivity contribution in [1.29, 1.82) is 0 Å². The molecule has 2 fully saturated rings. The molecule has 1 unspecified atom stereocenters. The molecule has 218 valence electrons. The number of alkyl carbamates (subject to hydrolysis) is 1. The van der Waals surface area contributed by atoms with E-state index in [2.05, 4.69) is 10.5 Å². The summed E-state index contributed by atoms with van der Waals surface area (Å²) in [6.07, 6.45) is 0.661. The third kappa shape index (κ3) is 7.87. The van der Waals surface area contributed by atoms with Crippen LogP contribution in [-0.2, 0) is 32.5 Å². The van der Waals surface area contributed by atoms with Crippen molar-refractivity contribution in [3.63, 3.8) is 0 Å². The molecule has 40 heavy (non-hydrogen) atoms. The van der Waals surface area contributed by atoms with Gasteiger partial charge in [-0.15, -0.1) is 0 Å². The van der Waals surface area contributed by atoms with E-state index in [9.17, 15) is 23.2 Å². The summed E-state index contributed by atoms with van der Waals surface area (Å²) >= 11 is 0. The molecule has 11 heteroatoms. The Morgan fingerprint density at radius 1 is 1.12 bits per heavy atom. The van der Waals surface area contributed by atoms with E-state index in [1.165, 1.54) is 16.4 Å². The Morgan fingerprint density at radius 2 is 1.88 bits per heavy atom. The quantitative estimate of drug-likeness (QED) is 0.348. The number of amides is 1. The Morgan fingerprint density at radius 3 is 2.58 bits per heavy atom. The van der Waals surface area contributed by atoms with Crippen LogP contribution in [0.5, 0.6) is 0 Å². The predicted molar refractivity (Wildman–Crippen MR) is 150 cm³/mol. The molecule has 1 aliphatic heterocycles. The zero-order chi connectivity index (χ0) is 28.7. The molecule has 5 atom stereocenters. The summed E-state index contributed by atoms with van der Waals surface area (Å²) in [5.74, 6) is 0.371. The first-order chi connectivity index (χ1) is 19.2. The number of aliphatic hydroxyl groups excluding tert-OH is 1. The molecular formula is C29H39N3O7S. The molecule has 1 heterocycles. The number of sulfonamides is 1. The van der Waals surface area contributed by atoms with Crippen LogP contribution in [-0.4, -0.2) is 68.0 Å². The van der Waals surface area contributed by atoms with Gasteiger partial charge in [0.2, 0.25) is 10.0 Å². The van der Waals surface area contributed by atoms with Crippen LogP contribution in [0.4, 0.5) is 4.79 Å². The molecule has 2 aromatic carbocycles. The lowest BCUT2D eigenvalue weighted by molar-refractivity contribution is 0.0554. The van der Waals surface area contributed by atoms with Gasteiger partial charge < -0.3 is 19.9 Å². The van der Waals surface area contributed by atoms with E-state index in [4.69, 9.17) is 9.47 Å². The molecule has 0 bridgehead atoms. The smallest absolute Gasteiger partial charge is 0.407 e. The molecule has 2 aliphatic rings. The van der Waals surface area contributed by atoms with Gasteiger partial charge >= 0.3 is 6.09 Å². The molecule has 2 N–H and O–H groups in total. The summed E-state index contributed by atoms with van der Waals surface area (Å²) in [5, 5.41) is 17.1. The van der Waals surface area contributed by atoms with Crippen molar-refractivity contribution in [1.82, 2.24) is 9.62 Å². The first-order valence-electron chi connectivity index (χ1n) is 13.8. The maximum Gasteiger partial charge on any atom is 0.407 e. The molecule has 1 amide bonds. The lowest BCUT2D eigenvalue weighted by Crippen LogP contribution is -2.51. The van der Waals surface area contributed by atoms with E-state index in [1.54, 1.807) is 12.1 Å². The highest BCUT2D eigenvalue weighted by molar-refractivity contribution is 7.89. The normalized spacial score (nSPS) is 22.2. The van der Waals surface area contributed by atoms with Gasteiger partial charge in [0.15, 0.2) is 0 Å². The Kier molecular flexibility index (Phi) is 10.3. The molecule has 2 aromatic rings. The summed E-state index contributed by atoms with van der Waals surface area (Å²) in [6.45, 7) is 4.29. The minimum absolute atomic E-state index is 0.0162. The first kappa shape index (κ1) is 30.1. The van der Waals surface area contributed by atoms with Gasteiger partial charge in [0.05, 0.1) is 23.1 Å². The summed E-state index contributed by atoms with van der Waals surface area (Å²) in [6, 6.07) is 14.7. The fourth-order valence-electron chi connectivity index (χ4n) is 5.54. The molecular weight excluding hydrogens is 534 g/mol. The molecule has 1 aliphatic carbocycles. The number of aliphatic hydroxyl groups is 1. The lowest BCUT2D eigenvalue weighted by atomic mass is 10.0. The highest BCUT2D eigenvalue weighted by Crippen LogP contribution is 2.37. The Bertz CT molecular complexity index is 1230. The van der Waals surface area contributed by atoms with Crippen molar-refractivity contribution in [2.24, 2.45) is 17.0 Å². The number of carbonyl (C=O) groups is 1. The van der Waals surface area contributed by atoms with Gasteiger partial charge in [-0.3, -0.25) is 0 Å². The van der Waals surface area contributed by atoms with Crippen LogP contribution in [0.2, 0.25) is 0 Å². The zero-order valence-corrected chi connectivity index (χ0v) is 23.8. The van der Waals surface area contributed by atoms with E-state index < -0.39 is 28.3 Å². The van der Waals surface area contributed by atoms with Gasteiger partial charge in [-0.25, -0.2) is 13.2 Å². The molecule has 4 rings (SSSR count). The van der Waals surface area contributed by atoms with Crippen molar-refractivity contribution in [2.75, 3.05) is 19.7 Å². The van der Waals surface area contributed by atoms with E-state index in [0.717, 1.165) is 25.0 Å². The van der Waals surface area contributed by atoms with E-state index in [1.807, 2.05) is 44.2 Å². The number of hydrogen-bond acceptors (Lipinski definition) is 8. The Labute approximate surface area is 236 Å². The number of rotatable bonds is 13. The van der Waals surface area contributed by atoms with Crippen molar-refractivity contribution < 1.29 is 27.8 Å². The van der Waals surface area contributed by atoms with E-state index >= 15 is 0 Å². The maximum atomic E-state index is 13.7. The number of benzene rings is 2. The highest BCUT2D eigenvalue weighted by Gasteiger charge is 2.40. The van der Waals surface area contributed by atoms with Crippen molar-refractivity contribution in [3.05, 3.63) is 70.6 Å². The van der Waals surface area contributed by atoms with Gasteiger partial charge in [-0.2, -0.15) is 9.21 Å². The molecule has 0 spiro atoms. The molecule has 1 saturated carbocycles. The molecule has 1 saturated heterocycles. The summed E-state index contributed by atoms with van der Waals surface area (Å²) < 4.78 is 40.0. The Hall–Kier alpha value is -2.86. The van der Waals surface area contributed by atoms with Crippen LogP contribution in [0.15, 0.2) is 64.7 Å². The number of hydrogen-bond donors (Lipinski definition) is 2. The number of fused-ring (bicyclic) bond motifs is 1. The standard InChI is InChI=1S/C29H39N3O7S/c1-20(2)18-32(40(36,37)25-10-6-9-22(13-25)17-30-35)19-27(33)26(14-21-7-4-3-5-8-21)31-29(34)39-24-15-23-11-12-38-28(23)16-24/h3-10,13,20,23-24,26-28,33H,11-12,14-19H2,1-2H3,(H,31,34)/t23?,24-,26+,27-,28-/m1/s1. The van der Waals surface area contributed by atoms with Gasteiger partial charge in [-0.05, 0) is 54.4 Å². The topological polar surface area (TPSA) is 135 Å². The number of nitrogens with zero attached hydrogens (tertiary/aromatic N) is 2. The molecule has 10 nitrogen and oxygen atoms in total. The fourth-order valence-corrected chi connectivity index (χ4v) is 7.23. The van der Waals surface area contributed by atoms with Gasteiger partial charge in [0, 0.05) is 26.1 Å². The summed E-state index contributed by atoms with van der Waals surface area (Å²) in [4.78, 5) is 23.7. The van der Waals surface area contributed by atoms with Crippen LogP contribution in [0.3, 0.4) is 0 Å². The van der Waals surface area contributed by atoms with Crippen LogP contribution in [0.25, 0.3) is 0 Å². The van der Waals surface area contributed by atoms with Crippen molar-refractivity contribution in [2.45, 2.75) is 75.3 Å². The highest BCUT2D eigenvalue weighted by atomic mass is 32.2. The third-order valence-electron chi connectivity index (χ3n) is 7.49. The lowest BCUT2D eigenvalue weighted by Gasteiger charge is -2.31. The summed E-state index contributed by atoms with van der Waals surface area (Å²) in [5.41, 5.74) is 1.36. The fraction of sp³-hybridized carbons (Fsp3) is 0.552. The van der Waals surface area contributed by atoms with E-state index in [-0.39, 0.29) is 49.1 Å². The molecule has 0 radical (unpaired) electrons. The second kappa shape index (κ2) is 13.7. The van der Waals surface area contributed by atoms with Crippen molar-refractivity contribution >= 4 is 16.1 Å². The molecule has 0 aromatic heterocycles. The van der Waals surface area contributed by atoms with Gasteiger partial charge in [0.25, 0.3) is 0 Å².